The van der Waals surface area contributed by atoms with E-state index in [9.17, 15) is 4.39 Å². The van der Waals surface area contributed by atoms with Crippen molar-refractivity contribution in [3.8, 4) is 11.8 Å². The minimum Gasteiger partial charge on any atom is -0.396 e. The molecule has 1 N–H and O–H groups in total. The Bertz CT molecular complexity index is 478. The highest BCUT2D eigenvalue weighted by atomic mass is 32.2. The first-order chi connectivity index (χ1) is 11.8. The zero-order valence-corrected chi connectivity index (χ0v) is 15.6. The lowest BCUT2D eigenvalue weighted by molar-refractivity contribution is 0.322. The molecule has 0 bridgehead atoms. The summed E-state index contributed by atoms with van der Waals surface area (Å²) in [6.45, 7) is 0.305. The normalized spacial score (nSPS) is 10.4. The molecule has 0 atom stereocenters. The Balaban J connectivity index is 1.85. The van der Waals surface area contributed by atoms with Crippen molar-refractivity contribution in [3.63, 3.8) is 0 Å². The van der Waals surface area contributed by atoms with E-state index in [-0.39, 0.29) is 5.82 Å². The largest absolute Gasteiger partial charge is 0.396 e. The van der Waals surface area contributed by atoms with Crippen LogP contribution in [0.4, 0.5) is 4.39 Å². The SMILES string of the molecule is OCCSCCCCCCCCCCCC#Cc1ccccc1F. The molecule has 0 radical (unpaired) electrons. The van der Waals surface area contributed by atoms with Gasteiger partial charge in [0.05, 0.1) is 12.2 Å². The smallest absolute Gasteiger partial charge is 0.138 e. The first kappa shape index (κ1) is 21.1. The summed E-state index contributed by atoms with van der Waals surface area (Å²) in [4.78, 5) is 0. The van der Waals surface area contributed by atoms with Crippen LogP contribution in [-0.4, -0.2) is 23.2 Å². The van der Waals surface area contributed by atoms with Gasteiger partial charge in [-0.1, -0.05) is 68.9 Å². The maximum Gasteiger partial charge on any atom is 0.138 e. The molecule has 0 aromatic heterocycles. The lowest BCUT2D eigenvalue weighted by Crippen LogP contribution is -1.89. The fourth-order valence-corrected chi connectivity index (χ4v) is 3.28. The summed E-state index contributed by atoms with van der Waals surface area (Å²) in [5.74, 6) is 7.83. The number of thioether (sulfide) groups is 1. The zero-order chi connectivity index (χ0) is 17.3. The highest BCUT2D eigenvalue weighted by Crippen LogP contribution is 2.12. The van der Waals surface area contributed by atoms with E-state index in [1.807, 2.05) is 17.8 Å². The molecule has 1 nitrogen and oxygen atoms in total. The summed E-state index contributed by atoms with van der Waals surface area (Å²) >= 11 is 1.85. The van der Waals surface area contributed by atoms with E-state index >= 15 is 0 Å². The predicted octanol–water partition coefficient (Wildman–Crippen LogP) is 5.80. The van der Waals surface area contributed by atoms with Crippen LogP contribution in [0.25, 0.3) is 0 Å². The van der Waals surface area contributed by atoms with Crippen LogP contribution in [0.15, 0.2) is 24.3 Å². The Morgan fingerprint density at radius 3 is 2.12 bits per heavy atom. The number of hydrogen-bond acceptors (Lipinski definition) is 2. The molecule has 24 heavy (non-hydrogen) atoms. The van der Waals surface area contributed by atoms with Crippen LogP contribution in [0.1, 0.15) is 69.8 Å². The van der Waals surface area contributed by atoms with Gasteiger partial charge in [0.2, 0.25) is 0 Å². The summed E-state index contributed by atoms with van der Waals surface area (Å²) in [7, 11) is 0. The van der Waals surface area contributed by atoms with Crippen molar-refractivity contribution in [1.82, 2.24) is 0 Å². The molecule has 0 spiro atoms. The molecule has 1 rings (SSSR count). The van der Waals surface area contributed by atoms with E-state index < -0.39 is 0 Å². The molecular weight excluding hydrogens is 319 g/mol. The third kappa shape index (κ3) is 11.5. The lowest BCUT2D eigenvalue weighted by Gasteiger charge is -2.02. The monoisotopic (exact) mass is 350 g/mol. The molecule has 1 aromatic rings. The van der Waals surface area contributed by atoms with Crippen molar-refractivity contribution in [2.24, 2.45) is 0 Å². The summed E-state index contributed by atoms with van der Waals surface area (Å²) < 4.78 is 13.4. The number of aliphatic hydroxyl groups excluding tert-OH is 1. The van der Waals surface area contributed by atoms with Crippen LogP contribution in [0.5, 0.6) is 0 Å². The molecule has 0 aliphatic carbocycles. The van der Waals surface area contributed by atoms with Crippen LogP contribution in [0.3, 0.4) is 0 Å². The summed E-state index contributed by atoms with van der Waals surface area (Å²) in [5, 5.41) is 8.68. The Morgan fingerprint density at radius 2 is 1.46 bits per heavy atom. The summed E-state index contributed by atoms with van der Waals surface area (Å²) in [6.07, 6.45) is 12.4. The van der Waals surface area contributed by atoms with Gasteiger partial charge < -0.3 is 5.11 Å². The van der Waals surface area contributed by atoms with E-state index in [1.54, 1.807) is 12.1 Å². The molecule has 0 saturated heterocycles. The van der Waals surface area contributed by atoms with Gasteiger partial charge in [0.15, 0.2) is 0 Å². The van der Waals surface area contributed by atoms with E-state index in [4.69, 9.17) is 5.11 Å². The minimum atomic E-state index is -0.225. The van der Waals surface area contributed by atoms with Crippen LogP contribution < -0.4 is 0 Å². The topological polar surface area (TPSA) is 20.2 Å². The highest BCUT2D eigenvalue weighted by molar-refractivity contribution is 7.99. The predicted molar refractivity (Wildman–Crippen MR) is 104 cm³/mol. The second-order valence-electron chi connectivity index (χ2n) is 6.05. The summed E-state index contributed by atoms with van der Waals surface area (Å²) in [6, 6.07) is 6.70. The molecule has 0 fully saturated rings. The number of rotatable bonds is 13. The third-order valence-electron chi connectivity index (χ3n) is 3.92. The number of unbranched alkanes of at least 4 members (excludes halogenated alkanes) is 9. The maximum atomic E-state index is 13.4. The Hall–Kier alpha value is -0.980. The Morgan fingerprint density at radius 1 is 0.833 bits per heavy atom. The number of hydrogen-bond donors (Lipinski definition) is 1. The van der Waals surface area contributed by atoms with Gasteiger partial charge in [0.25, 0.3) is 0 Å². The van der Waals surface area contributed by atoms with E-state index in [0.29, 0.717) is 12.2 Å². The number of benzene rings is 1. The van der Waals surface area contributed by atoms with Crippen molar-refractivity contribution >= 4 is 11.8 Å². The average Bonchev–Trinajstić information content (AvgIpc) is 2.60. The minimum absolute atomic E-state index is 0.225. The van der Waals surface area contributed by atoms with Crippen molar-refractivity contribution in [1.29, 1.82) is 0 Å². The quantitative estimate of drug-likeness (QED) is 0.358. The van der Waals surface area contributed by atoms with Crippen LogP contribution in [0, 0.1) is 17.7 Å². The highest BCUT2D eigenvalue weighted by Gasteiger charge is 1.95. The molecule has 0 heterocycles. The van der Waals surface area contributed by atoms with Gasteiger partial charge in [-0.2, -0.15) is 11.8 Å². The van der Waals surface area contributed by atoms with Gasteiger partial charge in [-0.15, -0.1) is 0 Å². The van der Waals surface area contributed by atoms with Gasteiger partial charge in [0, 0.05) is 12.2 Å². The van der Waals surface area contributed by atoms with E-state index in [0.717, 1.165) is 18.6 Å². The van der Waals surface area contributed by atoms with Crippen molar-refractivity contribution in [2.75, 3.05) is 18.1 Å². The zero-order valence-electron chi connectivity index (χ0n) is 14.7. The van der Waals surface area contributed by atoms with Crippen LogP contribution in [0.2, 0.25) is 0 Å². The number of aliphatic hydroxyl groups is 1. The molecule has 134 valence electrons. The van der Waals surface area contributed by atoms with Gasteiger partial charge in [-0.25, -0.2) is 4.39 Å². The molecule has 0 saturated carbocycles. The van der Waals surface area contributed by atoms with Gasteiger partial charge >= 0.3 is 0 Å². The fourth-order valence-electron chi connectivity index (χ4n) is 2.54. The maximum absolute atomic E-state index is 13.4. The van der Waals surface area contributed by atoms with E-state index in [1.165, 1.54) is 63.2 Å². The average molecular weight is 351 g/mol. The molecule has 0 aliphatic rings. The lowest BCUT2D eigenvalue weighted by atomic mass is 10.1. The second-order valence-corrected chi connectivity index (χ2v) is 7.27. The van der Waals surface area contributed by atoms with Crippen molar-refractivity contribution < 1.29 is 9.50 Å². The second kappa shape index (κ2) is 15.5. The summed E-state index contributed by atoms with van der Waals surface area (Å²) in [5.41, 5.74) is 0.507. The molecule has 0 aliphatic heterocycles. The number of halogens is 1. The van der Waals surface area contributed by atoms with Gasteiger partial charge in [-0.05, 0) is 30.7 Å². The van der Waals surface area contributed by atoms with Crippen molar-refractivity contribution in [3.05, 3.63) is 35.6 Å². The Labute approximate surface area is 151 Å². The van der Waals surface area contributed by atoms with Gasteiger partial charge in [-0.3, -0.25) is 0 Å². The van der Waals surface area contributed by atoms with E-state index in [2.05, 4.69) is 11.8 Å². The Kier molecular flexibility index (Phi) is 13.6. The first-order valence-corrected chi connectivity index (χ1v) is 10.4. The van der Waals surface area contributed by atoms with Crippen LogP contribution in [-0.2, 0) is 0 Å². The third-order valence-corrected chi connectivity index (χ3v) is 4.97. The standard InChI is InChI=1S/C21H31FOS/c22-21-16-12-11-15-20(21)14-10-8-6-4-2-1-3-5-7-9-13-18-24-19-17-23/h11-12,15-16,23H,1-9,13,17-19H2. The molecular formula is C21H31FOS. The van der Waals surface area contributed by atoms with Crippen LogP contribution >= 0.6 is 11.8 Å². The van der Waals surface area contributed by atoms with Crippen molar-refractivity contribution in [2.45, 2.75) is 64.2 Å². The first-order valence-electron chi connectivity index (χ1n) is 9.26. The fraction of sp³-hybridized carbons (Fsp3) is 0.619. The molecule has 0 unspecified atom stereocenters. The molecule has 3 heteroatoms. The molecule has 1 aromatic carbocycles. The molecule has 0 amide bonds. The van der Waals surface area contributed by atoms with Gasteiger partial charge in [0.1, 0.15) is 5.82 Å².